The smallest absolute Gasteiger partial charge is 0.164 e. The first-order chi connectivity index (χ1) is 29.3. The summed E-state index contributed by atoms with van der Waals surface area (Å²) in [5.74, 6) is 1.37. The van der Waals surface area contributed by atoms with Gasteiger partial charge in [-0.2, -0.15) is 0 Å². The Balaban J connectivity index is 1.10. The molecule has 0 spiro atoms. The van der Waals surface area contributed by atoms with Gasteiger partial charge in [0.25, 0.3) is 0 Å². The normalized spacial score (nSPS) is 12.5. The molecule has 0 amide bonds. The van der Waals surface area contributed by atoms with Gasteiger partial charge in [-0.3, -0.25) is 0 Å². The van der Waals surface area contributed by atoms with Crippen LogP contribution < -0.4 is 0 Å². The molecule has 4 heteroatoms. The lowest BCUT2D eigenvalue weighted by Crippen LogP contribution is -2.00. The number of fused-ring (bicyclic) bond motifs is 3. The maximum Gasteiger partial charge on any atom is 0.164 e. The Hall–Kier alpha value is -7.43. The van der Waals surface area contributed by atoms with Crippen molar-refractivity contribution < 1.29 is 11.3 Å². The predicted octanol–water partition coefficient (Wildman–Crippen LogP) is 13.4. The fourth-order valence-electron chi connectivity index (χ4n) is 7.17. The molecule has 0 fully saturated rings. The standard InChI is InChI=1S/C51H33N3O/c1-4-13-34(14-5-1)36-25-27-38(28-26-36)41-19-10-20-42(33-41)43-21-11-23-45-47(43)48-44(22-12-24-46(48)55-45)51-53-49(39-17-8-3-9-18-39)52-50(54-51)40-31-29-37(30-32-40)35-15-6-2-7-16-35/h1-33H/i2D,6D,7D,15D,16D. The molecule has 0 saturated heterocycles. The Kier molecular flexibility index (Phi) is 6.85. The number of aromatic nitrogens is 3. The summed E-state index contributed by atoms with van der Waals surface area (Å²) in [7, 11) is 0. The van der Waals surface area contributed by atoms with Crippen LogP contribution in [-0.2, 0) is 0 Å². The molecule has 0 bridgehead atoms. The molecule has 2 heterocycles. The molecule has 0 saturated carbocycles. The minimum atomic E-state index is -0.428. The molecule has 10 aromatic rings. The van der Waals surface area contributed by atoms with Crippen LogP contribution in [0.5, 0.6) is 0 Å². The number of nitrogens with zero attached hydrogens (tertiary/aromatic N) is 3. The third kappa shape index (κ3) is 6.16. The highest BCUT2D eigenvalue weighted by atomic mass is 16.3. The van der Waals surface area contributed by atoms with E-state index in [9.17, 15) is 0 Å². The fourth-order valence-corrected chi connectivity index (χ4v) is 7.17. The molecule has 258 valence electrons. The summed E-state index contributed by atoms with van der Waals surface area (Å²) < 4.78 is 47.9. The molecule has 0 aliphatic carbocycles. The molecule has 10 rings (SSSR count). The second kappa shape index (κ2) is 13.8. The van der Waals surface area contributed by atoms with Crippen LogP contribution in [0.15, 0.2) is 204 Å². The summed E-state index contributed by atoms with van der Waals surface area (Å²) in [6.07, 6.45) is 0. The lowest BCUT2D eigenvalue weighted by molar-refractivity contribution is 0.669. The Morgan fingerprint density at radius 1 is 0.327 bits per heavy atom. The zero-order valence-electron chi connectivity index (χ0n) is 34.4. The predicted molar refractivity (Wildman–Crippen MR) is 225 cm³/mol. The van der Waals surface area contributed by atoms with Gasteiger partial charge in [-0.05, 0) is 62.7 Å². The van der Waals surface area contributed by atoms with Crippen molar-refractivity contribution in [2.24, 2.45) is 0 Å². The van der Waals surface area contributed by atoms with Gasteiger partial charge < -0.3 is 4.42 Å². The quantitative estimate of drug-likeness (QED) is 0.165. The zero-order valence-corrected chi connectivity index (χ0v) is 29.4. The van der Waals surface area contributed by atoms with Gasteiger partial charge in [-0.25, -0.2) is 15.0 Å². The summed E-state index contributed by atoms with van der Waals surface area (Å²) >= 11 is 0. The van der Waals surface area contributed by atoms with E-state index in [0.717, 1.165) is 49.7 Å². The number of benzene rings is 8. The first-order valence-electron chi connectivity index (χ1n) is 20.5. The zero-order chi connectivity index (χ0) is 40.9. The van der Waals surface area contributed by atoms with Crippen LogP contribution in [0.1, 0.15) is 6.85 Å². The SMILES string of the molecule is [2H]c1c([2H])c([2H])c(-c2ccc(-c3nc(-c4ccccc4)nc(-c4cccc5oc6cccc(-c7cccc(-c8ccc(-c9ccccc9)cc8)c7)c6c45)n3)cc2)c([2H])c1[2H]. The number of hydrogen-bond acceptors (Lipinski definition) is 4. The van der Waals surface area contributed by atoms with Gasteiger partial charge in [0.2, 0.25) is 0 Å². The van der Waals surface area contributed by atoms with E-state index in [4.69, 9.17) is 26.2 Å². The lowest BCUT2D eigenvalue weighted by atomic mass is 9.94. The van der Waals surface area contributed by atoms with Gasteiger partial charge in [0.15, 0.2) is 17.5 Å². The van der Waals surface area contributed by atoms with Crippen LogP contribution in [0.3, 0.4) is 0 Å². The summed E-state index contributed by atoms with van der Waals surface area (Å²) in [5.41, 5.74) is 11.0. The maximum atomic E-state index is 8.49. The molecule has 0 atom stereocenters. The molecule has 0 radical (unpaired) electrons. The summed E-state index contributed by atoms with van der Waals surface area (Å²) in [5, 5.41) is 1.83. The van der Waals surface area contributed by atoms with Crippen LogP contribution in [0, 0.1) is 0 Å². The first-order valence-corrected chi connectivity index (χ1v) is 18.0. The summed E-state index contributed by atoms with van der Waals surface area (Å²) in [6, 6.07) is 54.7. The molecule has 4 nitrogen and oxygen atoms in total. The molecule has 55 heavy (non-hydrogen) atoms. The van der Waals surface area contributed by atoms with Gasteiger partial charge in [-0.1, -0.05) is 182 Å². The molecule has 0 aliphatic rings. The highest BCUT2D eigenvalue weighted by Gasteiger charge is 2.20. The third-order valence-electron chi connectivity index (χ3n) is 9.86. The van der Waals surface area contributed by atoms with Crippen LogP contribution in [0.2, 0.25) is 0 Å². The van der Waals surface area contributed by atoms with E-state index in [1.165, 1.54) is 11.1 Å². The average Bonchev–Trinajstić information content (AvgIpc) is 3.70. The highest BCUT2D eigenvalue weighted by Crippen LogP contribution is 2.42. The average molecular weight is 709 g/mol. The van der Waals surface area contributed by atoms with E-state index in [2.05, 4.69) is 78.9 Å². The molecular formula is C51H33N3O. The van der Waals surface area contributed by atoms with Crippen LogP contribution in [0.25, 0.3) is 101 Å². The molecule has 8 aromatic carbocycles. The molecular weight excluding hydrogens is 671 g/mol. The summed E-state index contributed by atoms with van der Waals surface area (Å²) in [6.45, 7) is 0. The van der Waals surface area contributed by atoms with Crippen molar-refractivity contribution in [2.75, 3.05) is 0 Å². The van der Waals surface area contributed by atoms with Crippen molar-refractivity contribution in [1.29, 1.82) is 0 Å². The van der Waals surface area contributed by atoms with E-state index in [-0.39, 0.29) is 29.7 Å². The van der Waals surface area contributed by atoms with Crippen molar-refractivity contribution in [3.63, 3.8) is 0 Å². The second-order valence-corrected chi connectivity index (χ2v) is 13.2. The summed E-state index contributed by atoms with van der Waals surface area (Å²) in [4.78, 5) is 15.1. The Morgan fingerprint density at radius 2 is 0.764 bits per heavy atom. The van der Waals surface area contributed by atoms with Crippen molar-refractivity contribution >= 4 is 21.9 Å². The third-order valence-corrected chi connectivity index (χ3v) is 9.86. The highest BCUT2D eigenvalue weighted by molar-refractivity contribution is 6.17. The second-order valence-electron chi connectivity index (χ2n) is 13.2. The Labute approximate surface area is 326 Å². The van der Waals surface area contributed by atoms with E-state index in [1.807, 2.05) is 66.7 Å². The van der Waals surface area contributed by atoms with Gasteiger partial charge >= 0.3 is 0 Å². The van der Waals surface area contributed by atoms with E-state index in [0.29, 0.717) is 34.2 Å². The minimum Gasteiger partial charge on any atom is -0.456 e. The van der Waals surface area contributed by atoms with Crippen molar-refractivity contribution in [3.8, 4) is 78.7 Å². The number of hydrogen-bond donors (Lipinski definition) is 0. The first kappa shape index (κ1) is 27.2. The van der Waals surface area contributed by atoms with Crippen LogP contribution >= 0.6 is 0 Å². The van der Waals surface area contributed by atoms with Gasteiger partial charge in [-0.15, -0.1) is 0 Å². The van der Waals surface area contributed by atoms with E-state index >= 15 is 0 Å². The van der Waals surface area contributed by atoms with Crippen molar-refractivity contribution in [1.82, 2.24) is 15.0 Å². The Bertz CT molecular complexity index is 3210. The topological polar surface area (TPSA) is 51.8 Å². The van der Waals surface area contributed by atoms with Crippen molar-refractivity contribution in [2.45, 2.75) is 0 Å². The Morgan fingerprint density at radius 3 is 1.42 bits per heavy atom. The van der Waals surface area contributed by atoms with Crippen LogP contribution in [0.4, 0.5) is 0 Å². The van der Waals surface area contributed by atoms with Gasteiger partial charge in [0.1, 0.15) is 11.2 Å². The minimum absolute atomic E-state index is 0.134. The van der Waals surface area contributed by atoms with Crippen LogP contribution in [-0.4, -0.2) is 15.0 Å². The fraction of sp³-hybridized carbons (Fsp3) is 0. The van der Waals surface area contributed by atoms with E-state index in [1.54, 1.807) is 24.3 Å². The van der Waals surface area contributed by atoms with E-state index < -0.39 is 6.04 Å². The monoisotopic (exact) mass is 708 g/mol. The number of furan rings is 1. The molecule has 0 aliphatic heterocycles. The van der Waals surface area contributed by atoms with Gasteiger partial charge in [0.05, 0.1) is 6.85 Å². The maximum absolute atomic E-state index is 8.49. The largest absolute Gasteiger partial charge is 0.456 e. The number of rotatable bonds is 7. The lowest BCUT2D eigenvalue weighted by Gasteiger charge is -2.11. The molecule has 2 aromatic heterocycles. The van der Waals surface area contributed by atoms with Gasteiger partial charge in [0, 0.05) is 27.5 Å². The van der Waals surface area contributed by atoms with Crippen molar-refractivity contribution in [3.05, 3.63) is 200 Å². The molecule has 0 N–H and O–H groups in total. The molecule has 0 unspecified atom stereocenters.